The van der Waals surface area contributed by atoms with Crippen LogP contribution in [0.2, 0.25) is 0 Å². The van der Waals surface area contributed by atoms with Crippen LogP contribution in [-0.2, 0) is 14.3 Å². The molecule has 0 spiro atoms. The number of ether oxygens (including phenoxy) is 1. The molecule has 1 amide bonds. The first kappa shape index (κ1) is 19.3. The minimum atomic E-state index is -0.886. The summed E-state index contributed by atoms with van der Waals surface area (Å²) < 4.78 is 4.47. The van der Waals surface area contributed by atoms with Gasteiger partial charge in [0, 0.05) is 17.6 Å². The second-order valence-corrected chi connectivity index (χ2v) is 8.63. The molecule has 1 aromatic carbocycles. The maximum atomic E-state index is 13.0. The van der Waals surface area contributed by atoms with Crippen molar-refractivity contribution >= 4 is 40.3 Å². The van der Waals surface area contributed by atoms with Gasteiger partial charge in [0.2, 0.25) is 5.91 Å². The molecule has 0 saturated carbocycles. The number of carbonyl (C=O) groups excluding carboxylic acids is 2. The van der Waals surface area contributed by atoms with Gasteiger partial charge in [-0.05, 0) is 27.8 Å². The number of benzene rings is 1. The lowest BCUT2D eigenvalue weighted by Crippen LogP contribution is -2.69. The standard InChI is InChI=1S/C19H24IN3O3/c1-5-26-18(25)15-12(3)23(4)11(2)14-17(24)21-16(22-19(14,15)20)13-9-7-6-8-10-13/h6-12,14-15H,5H2,1-4H3,(H,21,22,24)/t11?,12?,14?,15?,19-/m0/s1. The van der Waals surface area contributed by atoms with Crippen molar-refractivity contribution in [1.29, 1.82) is 0 Å². The van der Waals surface area contributed by atoms with E-state index in [4.69, 9.17) is 9.73 Å². The number of carbonyl (C=O) groups is 2. The molecule has 2 aliphatic heterocycles. The van der Waals surface area contributed by atoms with Gasteiger partial charge in [0.25, 0.3) is 0 Å². The number of halogens is 1. The lowest BCUT2D eigenvalue weighted by atomic mass is 9.74. The van der Waals surface area contributed by atoms with Crippen molar-refractivity contribution in [3.05, 3.63) is 35.9 Å². The minimum absolute atomic E-state index is 0.0475. The van der Waals surface area contributed by atoms with Crippen molar-refractivity contribution in [3.63, 3.8) is 0 Å². The molecule has 0 radical (unpaired) electrons. The zero-order chi connectivity index (χ0) is 19.1. The highest BCUT2D eigenvalue weighted by atomic mass is 127. The highest BCUT2D eigenvalue weighted by Crippen LogP contribution is 2.49. The van der Waals surface area contributed by atoms with Gasteiger partial charge in [-0.25, -0.2) is 4.99 Å². The molecule has 4 unspecified atom stereocenters. The van der Waals surface area contributed by atoms with E-state index in [-0.39, 0.29) is 24.0 Å². The van der Waals surface area contributed by atoms with Crippen LogP contribution >= 0.6 is 22.6 Å². The summed E-state index contributed by atoms with van der Waals surface area (Å²) >= 11 is 2.21. The molecule has 5 atom stereocenters. The lowest BCUT2D eigenvalue weighted by Gasteiger charge is -2.53. The summed E-state index contributed by atoms with van der Waals surface area (Å²) in [6, 6.07) is 9.38. The number of amides is 1. The summed E-state index contributed by atoms with van der Waals surface area (Å²) in [5.74, 6) is -0.859. The number of likely N-dealkylation sites (tertiary alicyclic amines) is 1. The number of fused-ring (bicyclic) bond motifs is 1. The first-order chi connectivity index (χ1) is 12.3. The number of amidine groups is 1. The van der Waals surface area contributed by atoms with Crippen molar-refractivity contribution in [3.8, 4) is 0 Å². The van der Waals surface area contributed by atoms with Crippen LogP contribution in [0.1, 0.15) is 26.3 Å². The van der Waals surface area contributed by atoms with E-state index < -0.39 is 15.4 Å². The molecule has 1 fully saturated rings. The molecule has 140 valence electrons. The summed E-state index contributed by atoms with van der Waals surface area (Å²) in [7, 11) is 1.95. The first-order valence-electron chi connectivity index (χ1n) is 8.84. The van der Waals surface area contributed by atoms with E-state index >= 15 is 0 Å². The van der Waals surface area contributed by atoms with Gasteiger partial charge in [0.15, 0.2) is 0 Å². The number of alkyl halides is 1. The van der Waals surface area contributed by atoms with E-state index in [1.165, 1.54) is 0 Å². The van der Waals surface area contributed by atoms with Gasteiger partial charge in [0.1, 0.15) is 15.3 Å². The van der Waals surface area contributed by atoms with Gasteiger partial charge in [0.05, 0.1) is 12.5 Å². The van der Waals surface area contributed by atoms with E-state index in [9.17, 15) is 9.59 Å². The number of nitrogens with one attached hydrogen (secondary N) is 1. The number of rotatable bonds is 3. The number of hydrogen-bond donors (Lipinski definition) is 1. The SMILES string of the molecule is CCOC(=O)C1C(C)N(C)C(C)C2C(=O)NC(c3ccccc3)=N[C@@]21I. The Morgan fingerprint density at radius 1 is 1.31 bits per heavy atom. The number of esters is 1. The highest BCUT2D eigenvalue weighted by molar-refractivity contribution is 14.1. The summed E-state index contributed by atoms with van der Waals surface area (Å²) in [6.07, 6.45) is 0. The van der Waals surface area contributed by atoms with Gasteiger partial charge in [-0.15, -0.1) is 0 Å². The Morgan fingerprint density at radius 2 is 1.96 bits per heavy atom. The Kier molecular flexibility index (Phi) is 5.39. The van der Waals surface area contributed by atoms with Gasteiger partial charge in [-0.3, -0.25) is 14.5 Å². The second kappa shape index (κ2) is 7.26. The summed E-state index contributed by atoms with van der Waals surface area (Å²) in [4.78, 5) is 32.8. The van der Waals surface area contributed by atoms with Crippen LogP contribution < -0.4 is 5.32 Å². The molecule has 2 aliphatic rings. The third kappa shape index (κ3) is 3.05. The van der Waals surface area contributed by atoms with Crippen molar-refractivity contribution in [2.45, 2.75) is 36.4 Å². The molecule has 26 heavy (non-hydrogen) atoms. The van der Waals surface area contributed by atoms with Crippen LogP contribution in [0.4, 0.5) is 0 Å². The molecular weight excluding hydrogens is 445 g/mol. The average Bonchev–Trinajstić information content (AvgIpc) is 2.60. The summed E-state index contributed by atoms with van der Waals surface area (Å²) in [5, 5.41) is 2.94. The average molecular weight is 469 g/mol. The van der Waals surface area contributed by atoms with Gasteiger partial charge in [-0.1, -0.05) is 52.9 Å². The predicted molar refractivity (Wildman–Crippen MR) is 108 cm³/mol. The second-order valence-electron chi connectivity index (χ2n) is 6.90. The van der Waals surface area contributed by atoms with Gasteiger partial charge in [-0.2, -0.15) is 0 Å². The third-order valence-corrected chi connectivity index (χ3v) is 7.10. The van der Waals surface area contributed by atoms with Crippen molar-refractivity contribution in [1.82, 2.24) is 10.2 Å². The Morgan fingerprint density at radius 3 is 2.58 bits per heavy atom. The largest absolute Gasteiger partial charge is 0.466 e. The quantitative estimate of drug-likeness (QED) is 0.319. The Hall–Kier alpha value is -1.48. The fourth-order valence-electron chi connectivity index (χ4n) is 3.97. The molecule has 1 saturated heterocycles. The number of nitrogens with zero attached hydrogens (tertiary/aromatic N) is 2. The molecule has 0 aliphatic carbocycles. The Labute approximate surface area is 167 Å². The number of hydrogen-bond acceptors (Lipinski definition) is 5. The van der Waals surface area contributed by atoms with E-state index in [1.807, 2.05) is 51.2 Å². The van der Waals surface area contributed by atoms with E-state index in [2.05, 4.69) is 32.8 Å². The van der Waals surface area contributed by atoms with Crippen LogP contribution in [0, 0.1) is 11.8 Å². The zero-order valence-electron chi connectivity index (χ0n) is 15.4. The number of aliphatic imine (C=N–C) groups is 1. The Bertz CT molecular complexity index is 739. The highest BCUT2D eigenvalue weighted by Gasteiger charge is 2.61. The maximum Gasteiger partial charge on any atom is 0.313 e. The molecular formula is C19H24IN3O3. The normalized spacial score (nSPS) is 34.5. The van der Waals surface area contributed by atoms with E-state index in [1.54, 1.807) is 6.92 Å². The monoisotopic (exact) mass is 469 g/mol. The molecule has 7 heteroatoms. The molecule has 0 aromatic heterocycles. The fourth-order valence-corrected chi connectivity index (χ4v) is 5.79. The molecule has 0 bridgehead atoms. The van der Waals surface area contributed by atoms with Crippen LogP contribution in [0.15, 0.2) is 35.3 Å². The smallest absolute Gasteiger partial charge is 0.313 e. The van der Waals surface area contributed by atoms with Gasteiger partial charge >= 0.3 is 5.97 Å². The van der Waals surface area contributed by atoms with Crippen LogP contribution in [-0.4, -0.2) is 51.9 Å². The van der Waals surface area contributed by atoms with Crippen LogP contribution in [0.3, 0.4) is 0 Å². The summed E-state index contributed by atoms with van der Waals surface area (Å²) in [5.41, 5.74) is 0.831. The predicted octanol–water partition coefficient (Wildman–Crippen LogP) is 2.21. The first-order valence-corrected chi connectivity index (χ1v) is 9.92. The number of piperidine rings is 1. The molecule has 3 rings (SSSR count). The topological polar surface area (TPSA) is 71.0 Å². The van der Waals surface area contributed by atoms with E-state index in [0.29, 0.717) is 12.4 Å². The van der Waals surface area contributed by atoms with Crippen molar-refractivity contribution in [2.24, 2.45) is 16.8 Å². The van der Waals surface area contributed by atoms with Crippen molar-refractivity contribution in [2.75, 3.05) is 13.7 Å². The fraction of sp³-hybridized carbons (Fsp3) is 0.526. The molecule has 2 heterocycles. The maximum absolute atomic E-state index is 13.0. The molecule has 1 aromatic rings. The van der Waals surface area contributed by atoms with Crippen LogP contribution in [0.5, 0.6) is 0 Å². The van der Waals surface area contributed by atoms with Crippen LogP contribution in [0.25, 0.3) is 0 Å². The molecule has 6 nitrogen and oxygen atoms in total. The zero-order valence-corrected chi connectivity index (χ0v) is 17.6. The van der Waals surface area contributed by atoms with E-state index in [0.717, 1.165) is 5.56 Å². The molecule has 1 N–H and O–H groups in total. The summed E-state index contributed by atoms with van der Waals surface area (Å²) in [6.45, 7) is 6.11. The Balaban J connectivity index is 2.13. The minimum Gasteiger partial charge on any atom is -0.466 e. The third-order valence-electron chi connectivity index (χ3n) is 5.52. The van der Waals surface area contributed by atoms with Crippen molar-refractivity contribution < 1.29 is 14.3 Å². The lowest BCUT2D eigenvalue weighted by molar-refractivity contribution is -0.157. The van der Waals surface area contributed by atoms with Gasteiger partial charge < -0.3 is 10.1 Å².